The summed E-state index contributed by atoms with van der Waals surface area (Å²) in [4.78, 5) is 38.2. The van der Waals surface area contributed by atoms with Gasteiger partial charge in [-0.3, -0.25) is 14.9 Å². The van der Waals surface area contributed by atoms with E-state index in [9.17, 15) is 9.59 Å². The molecular weight excluding hydrogens is 454 g/mol. The Labute approximate surface area is 199 Å². The standard InChI is InChI=1S/C24H21N5O4S/c1-29-10-6-20(23(29)31)33-19-13-16(22(30)28-24-27-9-11-34-24)12-18(14-19)32-17-4-2-15(3-5-17)21-25-7-8-26-21/h2-5,7-9,11-14,20H,6,10H2,1H3,(H,25,26)(H,27,28,30). The van der Waals surface area contributed by atoms with Gasteiger partial charge in [-0.15, -0.1) is 11.3 Å². The van der Waals surface area contributed by atoms with Crippen LogP contribution in [0.25, 0.3) is 11.4 Å². The SMILES string of the molecule is CN1CCC(Oc2cc(Oc3ccc(-c4ncc[nH]4)cc3)cc(C(=O)Nc3nccs3)c2)C1=O. The molecule has 0 spiro atoms. The molecular formula is C24H21N5O4S. The molecule has 1 aliphatic heterocycles. The molecule has 0 radical (unpaired) electrons. The first kappa shape index (κ1) is 21.7. The lowest BCUT2D eigenvalue weighted by Crippen LogP contribution is -2.29. The number of thiazole rings is 1. The van der Waals surface area contributed by atoms with E-state index in [2.05, 4.69) is 20.3 Å². The second-order valence-corrected chi connectivity index (χ2v) is 8.60. The maximum atomic E-state index is 12.9. The van der Waals surface area contributed by atoms with Crippen molar-refractivity contribution in [2.75, 3.05) is 18.9 Å². The van der Waals surface area contributed by atoms with Gasteiger partial charge in [0.05, 0.1) is 0 Å². The van der Waals surface area contributed by atoms with Crippen molar-refractivity contribution in [2.45, 2.75) is 12.5 Å². The Morgan fingerprint density at radius 2 is 1.94 bits per heavy atom. The molecule has 172 valence electrons. The van der Waals surface area contributed by atoms with Gasteiger partial charge in [0, 0.05) is 61.2 Å². The van der Waals surface area contributed by atoms with Gasteiger partial charge in [-0.05, 0) is 36.4 Å². The molecule has 2 aromatic carbocycles. The van der Waals surface area contributed by atoms with Crippen LogP contribution in [-0.2, 0) is 4.79 Å². The molecule has 0 bridgehead atoms. The third-order valence-electron chi connectivity index (χ3n) is 5.31. The van der Waals surface area contributed by atoms with Crippen molar-refractivity contribution in [3.8, 4) is 28.6 Å². The van der Waals surface area contributed by atoms with Crippen LogP contribution in [0.4, 0.5) is 5.13 Å². The summed E-state index contributed by atoms with van der Waals surface area (Å²) in [6, 6.07) is 12.3. The van der Waals surface area contributed by atoms with Crippen LogP contribution in [0, 0.1) is 0 Å². The van der Waals surface area contributed by atoms with Crippen LogP contribution >= 0.6 is 11.3 Å². The molecule has 1 saturated heterocycles. The number of likely N-dealkylation sites (tertiary alicyclic amines) is 1. The number of amides is 2. The highest BCUT2D eigenvalue weighted by Crippen LogP contribution is 2.31. The number of anilines is 1. The third-order valence-corrected chi connectivity index (χ3v) is 6.00. The van der Waals surface area contributed by atoms with Gasteiger partial charge in [0.1, 0.15) is 23.1 Å². The van der Waals surface area contributed by atoms with Crippen molar-refractivity contribution in [1.82, 2.24) is 19.9 Å². The molecule has 9 nitrogen and oxygen atoms in total. The first-order valence-electron chi connectivity index (χ1n) is 10.6. The number of likely N-dealkylation sites (N-methyl/N-ethyl adjacent to an activating group) is 1. The molecule has 2 amide bonds. The van der Waals surface area contributed by atoms with Crippen LogP contribution in [0.2, 0.25) is 0 Å². The Balaban J connectivity index is 1.40. The minimum Gasteiger partial charge on any atom is -0.480 e. The predicted molar refractivity (Wildman–Crippen MR) is 127 cm³/mol. The van der Waals surface area contributed by atoms with E-state index in [4.69, 9.17) is 9.47 Å². The largest absolute Gasteiger partial charge is 0.480 e. The average molecular weight is 476 g/mol. The van der Waals surface area contributed by atoms with E-state index in [0.717, 1.165) is 11.4 Å². The highest BCUT2D eigenvalue weighted by Gasteiger charge is 2.31. The number of ether oxygens (including phenoxy) is 2. The Morgan fingerprint density at radius 1 is 1.12 bits per heavy atom. The first-order valence-corrected chi connectivity index (χ1v) is 11.5. The Bertz CT molecular complexity index is 1290. The fraction of sp³-hybridized carbons (Fsp3) is 0.167. The maximum Gasteiger partial charge on any atom is 0.263 e. The fourth-order valence-corrected chi connectivity index (χ4v) is 4.11. The number of nitrogens with one attached hydrogen (secondary N) is 2. The Hall–Kier alpha value is -4.18. The lowest BCUT2D eigenvalue weighted by Gasteiger charge is -2.15. The normalized spacial score (nSPS) is 15.4. The highest BCUT2D eigenvalue weighted by atomic mass is 32.1. The van der Waals surface area contributed by atoms with Gasteiger partial charge in [0.15, 0.2) is 11.2 Å². The molecule has 0 aliphatic carbocycles. The number of aromatic nitrogens is 3. The van der Waals surface area contributed by atoms with Gasteiger partial charge in [-0.25, -0.2) is 9.97 Å². The third kappa shape index (κ3) is 4.76. The lowest BCUT2D eigenvalue weighted by atomic mass is 10.1. The molecule has 2 aromatic heterocycles. The van der Waals surface area contributed by atoms with Crippen LogP contribution < -0.4 is 14.8 Å². The quantitative estimate of drug-likeness (QED) is 0.415. The zero-order valence-electron chi connectivity index (χ0n) is 18.2. The molecule has 1 unspecified atom stereocenters. The molecule has 10 heteroatoms. The van der Waals surface area contributed by atoms with Crippen LogP contribution in [0.5, 0.6) is 17.2 Å². The molecule has 3 heterocycles. The molecule has 1 fully saturated rings. The number of H-pyrrole nitrogens is 1. The fourth-order valence-electron chi connectivity index (χ4n) is 3.59. The van der Waals surface area contributed by atoms with Crippen LogP contribution in [0.1, 0.15) is 16.8 Å². The zero-order valence-corrected chi connectivity index (χ0v) is 19.0. The van der Waals surface area contributed by atoms with Crippen molar-refractivity contribution in [3.63, 3.8) is 0 Å². The number of benzene rings is 2. The molecule has 1 aliphatic rings. The smallest absolute Gasteiger partial charge is 0.263 e. The topological polar surface area (TPSA) is 109 Å². The predicted octanol–water partition coefficient (Wildman–Crippen LogP) is 4.19. The summed E-state index contributed by atoms with van der Waals surface area (Å²) in [6.45, 7) is 0.624. The molecule has 2 N–H and O–H groups in total. The van der Waals surface area contributed by atoms with Crippen molar-refractivity contribution < 1.29 is 19.1 Å². The first-order chi connectivity index (χ1) is 16.5. The maximum absolute atomic E-state index is 12.9. The highest BCUT2D eigenvalue weighted by molar-refractivity contribution is 7.13. The van der Waals surface area contributed by atoms with E-state index in [1.54, 1.807) is 54.1 Å². The van der Waals surface area contributed by atoms with Gasteiger partial charge < -0.3 is 19.4 Å². The summed E-state index contributed by atoms with van der Waals surface area (Å²) in [5.74, 6) is 1.68. The van der Waals surface area contributed by atoms with Crippen molar-refractivity contribution in [3.05, 3.63) is 72.0 Å². The number of hydrogen-bond acceptors (Lipinski definition) is 7. The second-order valence-electron chi connectivity index (χ2n) is 7.70. The van der Waals surface area contributed by atoms with E-state index in [-0.39, 0.29) is 11.8 Å². The zero-order chi connectivity index (χ0) is 23.5. The van der Waals surface area contributed by atoms with Crippen molar-refractivity contribution >= 4 is 28.3 Å². The number of carbonyl (C=O) groups excluding carboxylic acids is 2. The molecule has 1 atom stereocenters. The van der Waals surface area contributed by atoms with Crippen molar-refractivity contribution in [1.29, 1.82) is 0 Å². The number of aromatic amines is 1. The van der Waals surface area contributed by atoms with E-state index in [0.29, 0.717) is 40.9 Å². The van der Waals surface area contributed by atoms with Gasteiger partial charge in [0.2, 0.25) is 0 Å². The van der Waals surface area contributed by atoms with E-state index < -0.39 is 6.10 Å². The lowest BCUT2D eigenvalue weighted by molar-refractivity contribution is -0.132. The molecule has 5 rings (SSSR count). The molecule has 0 saturated carbocycles. The van der Waals surface area contributed by atoms with Crippen LogP contribution in [0.3, 0.4) is 0 Å². The summed E-state index contributed by atoms with van der Waals surface area (Å²) in [7, 11) is 1.74. The Kier molecular flexibility index (Phi) is 5.96. The molecule has 34 heavy (non-hydrogen) atoms. The van der Waals surface area contributed by atoms with Crippen LogP contribution in [0.15, 0.2) is 66.4 Å². The Morgan fingerprint density at radius 3 is 2.62 bits per heavy atom. The van der Waals surface area contributed by atoms with Crippen LogP contribution in [-0.4, -0.2) is 51.4 Å². The number of imidazole rings is 1. The summed E-state index contributed by atoms with van der Waals surface area (Å²) < 4.78 is 12.0. The summed E-state index contributed by atoms with van der Waals surface area (Å²) in [5.41, 5.74) is 1.25. The van der Waals surface area contributed by atoms with Gasteiger partial charge in [-0.2, -0.15) is 0 Å². The number of hydrogen-bond donors (Lipinski definition) is 2. The minimum absolute atomic E-state index is 0.0892. The average Bonchev–Trinajstić information content (AvgIpc) is 3.61. The van der Waals surface area contributed by atoms with Gasteiger partial charge in [-0.1, -0.05) is 0 Å². The number of nitrogens with zero attached hydrogens (tertiary/aromatic N) is 3. The molecule has 4 aromatic rings. The van der Waals surface area contributed by atoms with E-state index >= 15 is 0 Å². The minimum atomic E-state index is -0.595. The van der Waals surface area contributed by atoms with Crippen molar-refractivity contribution in [2.24, 2.45) is 0 Å². The number of carbonyl (C=O) groups is 2. The monoisotopic (exact) mass is 475 g/mol. The summed E-state index contributed by atoms with van der Waals surface area (Å²) in [5, 5.41) is 5.02. The van der Waals surface area contributed by atoms with E-state index in [1.165, 1.54) is 11.3 Å². The van der Waals surface area contributed by atoms with Gasteiger partial charge >= 0.3 is 0 Å². The number of rotatable bonds is 7. The summed E-state index contributed by atoms with van der Waals surface area (Å²) >= 11 is 1.32. The van der Waals surface area contributed by atoms with E-state index in [1.807, 2.05) is 24.3 Å². The summed E-state index contributed by atoms with van der Waals surface area (Å²) in [6.07, 6.45) is 5.05. The van der Waals surface area contributed by atoms with Gasteiger partial charge in [0.25, 0.3) is 11.8 Å². The second kappa shape index (κ2) is 9.36.